The number of rotatable bonds is 4. The first-order valence-electron chi connectivity index (χ1n) is 17.0. The van der Waals surface area contributed by atoms with Gasteiger partial charge in [-0.05, 0) is 98.2 Å². The van der Waals surface area contributed by atoms with Crippen molar-refractivity contribution in [2.45, 2.75) is 147 Å². The van der Waals surface area contributed by atoms with Crippen LogP contribution in [0.15, 0.2) is 0 Å². The van der Waals surface area contributed by atoms with E-state index >= 15 is 0 Å². The molecule has 246 valence electrons. The average Bonchev–Trinajstić information content (AvgIpc) is 3.58. The van der Waals surface area contributed by atoms with E-state index in [1.54, 1.807) is 0 Å². The lowest BCUT2D eigenvalue weighted by atomic mass is 9.44. The first kappa shape index (κ1) is 31.2. The average molecular weight is 611 g/mol. The molecule has 3 saturated heterocycles. The van der Waals surface area contributed by atoms with E-state index in [1.165, 1.54) is 19.3 Å². The van der Waals surface area contributed by atoms with Crippen molar-refractivity contribution in [1.29, 1.82) is 0 Å². The Kier molecular flexibility index (Phi) is 7.86. The predicted molar refractivity (Wildman–Crippen MR) is 153 cm³/mol. The number of hydrogen-bond donors (Lipinski definition) is 6. The molecule has 10 nitrogen and oxygen atoms in total. The molecule has 0 spiro atoms. The second-order valence-corrected chi connectivity index (χ2v) is 16.1. The molecule has 7 aliphatic rings. The van der Waals surface area contributed by atoms with Gasteiger partial charge in [0.1, 0.15) is 30.5 Å². The molecule has 7 fully saturated rings. The monoisotopic (exact) mass is 610 g/mol. The molecule has 7 rings (SSSR count). The Bertz CT molecular complexity index is 1040. The van der Waals surface area contributed by atoms with Crippen LogP contribution in [0.25, 0.3) is 0 Å². The highest BCUT2D eigenvalue weighted by Gasteiger charge is 2.70. The van der Waals surface area contributed by atoms with Crippen LogP contribution in [0.5, 0.6) is 0 Å². The molecule has 0 aromatic rings. The number of ether oxygens (including phenoxy) is 4. The summed E-state index contributed by atoms with van der Waals surface area (Å²) in [5.41, 5.74) is 0.404. The Hall–Kier alpha value is -0.400. The van der Waals surface area contributed by atoms with Gasteiger partial charge in [0.25, 0.3) is 0 Å². The molecule has 43 heavy (non-hydrogen) atoms. The van der Waals surface area contributed by atoms with Gasteiger partial charge in [0.2, 0.25) is 0 Å². The van der Waals surface area contributed by atoms with Crippen LogP contribution < -0.4 is 0 Å². The number of hydrogen-bond acceptors (Lipinski definition) is 10. The standard InChI is InChI=1S/C33H54O10/c1-15-11-24(41-29(15)42-30-28(38)27(37)26(36)23(14-34)40-30)33(39)16(2)25-22(43-33)13-21-19-6-5-17-12-18(35)7-9-31(17,3)20(19)8-10-32(21,25)4/h15-30,34-39H,5-14H2,1-4H3/t15-,16+,17+,18+,19-,20+,21+,22+,23+,24+,25+,26+,27-,28+,29-,30-,31+,32+,33+/m1/s1. The van der Waals surface area contributed by atoms with Crippen molar-refractivity contribution in [2.24, 2.45) is 52.3 Å². The summed E-state index contributed by atoms with van der Waals surface area (Å²) in [7, 11) is 0. The molecule has 3 heterocycles. The smallest absolute Gasteiger partial charge is 0.195 e. The van der Waals surface area contributed by atoms with Crippen LogP contribution in [0.4, 0.5) is 0 Å². The van der Waals surface area contributed by atoms with Crippen LogP contribution in [-0.4, -0.2) is 98.3 Å². The Balaban J connectivity index is 1.04. The number of aliphatic hydroxyl groups is 6. The van der Waals surface area contributed by atoms with Crippen LogP contribution in [0.2, 0.25) is 0 Å². The van der Waals surface area contributed by atoms with Gasteiger partial charge in [0.15, 0.2) is 18.4 Å². The normalized spacial score (nSPS) is 61.5. The Morgan fingerprint density at radius 1 is 0.791 bits per heavy atom. The summed E-state index contributed by atoms with van der Waals surface area (Å²) in [6.45, 7) is 8.49. The van der Waals surface area contributed by atoms with Crippen LogP contribution in [0.3, 0.4) is 0 Å². The minimum Gasteiger partial charge on any atom is -0.394 e. The molecule has 6 N–H and O–H groups in total. The summed E-state index contributed by atoms with van der Waals surface area (Å²) in [5.74, 6) is 1.04. The van der Waals surface area contributed by atoms with E-state index in [4.69, 9.17) is 18.9 Å². The third-order valence-electron chi connectivity index (χ3n) is 14.2. The maximum absolute atomic E-state index is 12.2. The SMILES string of the molecule is C[C@@H]1C[C@@H]([C@@]2(O)O[C@H]3C[C@H]4[C@@H]5CC[C@H]6C[C@@H](O)CC[C@]6(C)[C@H]5CC[C@]4(C)[C@H]3[C@@H]2C)O[C@@H]1O[C@H]1O[C@@H](CO)[C@H](O)[C@@H](O)[C@@H]1O. The maximum atomic E-state index is 12.2. The van der Waals surface area contributed by atoms with E-state index in [0.717, 1.165) is 32.1 Å². The zero-order valence-corrected chi connectivity index (χ0v) is 26.1. The van der Waals surface area contributed by atoms with Crippen molar-refractivity contribution in [3.8, 4) is 0 Å². The topological polar surface area (TPSA) is 158 Å². The van der Waals surface area contributed by atoms with Gasteiger partial charge in [-0.25, -0.2) is 0 Å². The molecule has 0 radical (unpaired) electrons. The van der Waals surface area contributed by atoms with Crippen molar-refractivity contribution < 1.29 is 49.6 Å². The largest absolute Gasteiger partial charge is 0.394 e. The molecular formula is C33H54O10. The first-order chi connectivity index (χ1) is 20.3. The number of aliphatic hydroxyl groups excluding tert-OH is 5. The molecule has 0 bridgehead atoms. The second kappa shape index (κ2) is 10.8. The fraction of sp³-hybridized carbons (Fsp3) is 1.00. The predicted octanol–water partition coefficient (Wildman–Crippen LogP) is 1.91. The van der Waals surface area contributed by atoms with E-state index < -0.39 is 55.5 Å². The lowest BCUT2D eigenvalue weighted by Crippen LogP contribution is -2.60. The van der Waals surface area contributed by atoms with Crippen molar-refractivity contribution in [1.82, 2.24) is 0 Å². The third kappa shape index (κ3) is 4.56. The van der Waals surface area contributed by atoms with Crippen LogP contribution in [0, 0.1) is 52.3 Å². The van der Waals surface area contributed by atoms with Gasteiger partial charge in [-0.2, -0.15) is 0 Å². The molecule has 0 aromatic carbocycles. The minimum atomic E-state index is -1.53. The summed E-state index contributed by atoms with van der Waals surface area (Å²) in [4.78, 5) is 0. The Labute approximate surface area is 255 Å². The third-order valence-corrected chi connectivity index (χ3v) is 14.2. The van der Waals surface area contributed by atoms with E-state index in [2.05, 4.69) is 20.8 Å². The molecule has 0 aromatic heterocycles. The molecule has 0 amide bonds. The van der Waals surface area contributed by atoms with Crippen molar-refractivity contribution in [3.63, 3.8) is 0 Å². The lowest BCUT2D eigenvalue weighted by Gasteiger charge is -2.61. The summed E-state index contributed by atoms with van der Waals surface area (Å²) >= 11 is 0. The maximum Gasteiger partial charge on any atom is 0.195 e. The molecule has 4 saturated carbocycles. The first-order valence-corrected chi connectivity index (χ1v) is 17.0. The van der Waals surface area contributed by atoms with Gasteiger partial charge in [-0.15, -0.1) is 0 Å². The second-order valence-electron chi connectivity index (χ2n) is 16.1. The van der Waals surface area contributed by atoms with E-state index in [0.29, 0.717) is 35.5 Å². The molecule has 19 atom stereocenters. The van der Waals surface area contributed by atoms with Gasteiger partial charge in [-0.3, -0.25) is 0 Å². The van der Waals surface area contributed by atoms with Gasteiger partial charge in [0, 0.05) is 11.8 Å². The summed E-state index contributed by atoms with van der Waals surface area (Å²) in [5, 5.41) is 62.9. The minimum absolute atomic E-state index is 0.0308. The summed E-state index contributed by atoms with van der Waals surface area (Å²) < 4.78 is 24.5. The summed E-state index contributed by atoms with van der Waals surface area (Å²) in [6.07, 6.45) is 0.787. The highest BCUT2D eigenvalue weighted by Crippen LogP contribution is 2.71. The zero-order valence-electron chi connectivity index (χ0n) is 26.1. The molecular weight excluding hydrogens is 556 g/mol. The van der Waals surface area contributed by atoms with Crippen LogP contribution >= 0.6 is 0 Å². The highest BCUT2D eigenvalue weighted by atomic mass is 16.8. The van der Waals surface area contributed by atoms with E-state index in [1.807, 2.05) is 6.92 Å². The van der Waals surface area contributed by atoms with Gasteiger partial charge < -0.3 is 49.6 Å². The van der Waals surface area contributed by atoms with Crippen molar-refractivity contribution in [2.75, 3.05) is 6.61 Å². The zero-order chi connectivity index (χ0) is 30.6. The molecule has 4 aliphatic carbocycles. The molecule has 3 aliphatic heterocycles. The lowest BCUT2D eigenvalue weighted by molar-refractivity contribution is -0.350. The number of fused-ring (bicyclic) bond motifs is 7. The van der Waals surface area contributed by atoms with Crippen LogP contribution in [0.1, 0.15) is 85.5 Å². The van der Waals surface area contributed by atoms with Gasteiger partial charge >= 0.3 is 0 Å². The Morgan fingerprint density at radius 3 is 2.28 bits per heavy atom. The molecule has 0 unspecified atom stereocenters. The Morgan fingerprint density at radius 2 is 1.53 bits per heavy atom. The quantitative estimate of drug-likeness (QED) is 0.278. The van der Waals surface area contributed by atoms with Gasteiger partial charge in [-0.1, -0.05) is 27.7 Å². The van der Waals surface area contributed by atoms with Gasteiger partial charge in [0.05, 0.1) is 18.8 Å². The van der Waals surface area contributed by atoms with E-state index in [9.17, 15) is 30.6 Å². The fourth-order valence-corrected chi connectivity index (χ4v) is 11.8. The van der Waals surface area contributed by atoms with E-state index in [-0.39, 0.29) is 35.4 Å². The fourth-order valence-electron chi connectivity index (χ4n) is 11.8. The van der Waals surface area contributed by atoms with Crippen LogP contribution in [-0.2, 0) is 18.9 Å². The van der Waals surface area contributed by atoms with Crippen molar-refractivity contribution >= 4 is 0 Å². The van der Waals surface area contributed by atoms with Crippen molar-refractivity contribution in [3.05, 3.63) is 0 Å². The highest BCUT2D eigenvalue weighted by molar-refractivity contribution is 5.16. The summed E-state index contributed by atoms with van der Waals surface area (Å²) in [6, 6.07) is 0. The molecule has 10 heteroatoms.